The standard InChI is InChI=1S/C17H26O2.C14H20O3.C12H20O2.C12H16O2.C11H18O2.C9H11F3O4.C8H10O4/c1-10(2)16(18)19-17(11(3)4)14-6-12-5-13(8-14)9-15(17)7-12;1-9(2)12(15)17-14-6-10-3-11(7-14)5-13(16,4-10)8-14;1-9(2)11(13)14-12(10(3)4)7-5-6-8-12;1-4-11-6-8-12(9-7-11)14-10(3)13-5-2;1-4-11(7-5-6-8-11)13-10(12)9(2)3;1-6(2)8(14)16-4-3-15-7(13)5-9(10,11)12;1-5(2)7(9)12-6-3-4-11-8(6)10/h11-15H,1,5-9H2,2-4H3;10-11,16H,1,3-8H2,2H3;10H,1,5-8H2,2-4H3;4,6-10H,1,5H2,2-3H3;2,4-8H2,1,3H3;1,3-5H2,2H3;6H,1,3-4H2,2H3. The van der Waals surface area contributed by atoms with E-state index in [-0.39, 0.29) is 64.7 Å². The first kappa shape index (κ1) is 90.1. The fourth-order valence-corrected chi connectivity index (χ4v) is 16.4. The van der Waals surface area contributed by atoms with Crippen LogP contribution < -0.4 is 4.74 Å². The zero-order valence-electron chi connectivity index (χ0n) is 64.9. The molecule has 4 unspecified atom stereocenters. The van der Waals surface area contributed by atoms with Crippen LogP contribution in [0.4, 0.5) is 13.2 Å². The highest BCUT2D eigenvalue weighted by molar-refractivity contribution is 5.90. The average Bonchev–Trinajstić information content (AvgIpc) is 1.58. The molecule has 8 bridgehead atoms. The number of rotatable bonds is 23. The van der Waals surface area contributed by atoms with Crippen LogP contribution >= 0.6 is 0 Å². The maximum atomic E-state index is 12.1. The lowest BCUT2D eigenvalue weighted by molar-refractivity contribution is -0.221. The van der Waals surface area contributed by atoms with E-state index in [0.717, 1.165) is 80.9 Å². The SMILES string of the molecule is C=C(C)C(=O)OC1(C(C)C)C2CC3CC(C2)CC1C3.C=C(C)C(=O)OC1(C(C)C)CCCC1.C=C(C)C(=O)OC1(CC)CCCC1.C=C(C)C(=O)OC12CC3CC(CC(O)(C3)C1)C2.C=C(C)C(=O)OC1CCOC1=O.C=C(C)C(=O)OCCOC(=O)CC(F)(F)F.C=Cc1ccc(OC(C)OCC)cc1. The van der Waals surface area contributed by atoms with Gasteiger partial charge in [-0.2, -0.15) is 13.2 Å². The molecule has 105 heavy (non-hydrogen) atoms. The van der Waals surface area contributed by atoms with Crippen LogP contribution in [-0.2, 0) is 81.0 Å². The summed E-state index contributed by atoms with van der Waals surface area (Å²) in [5.41, 5.74) is 1.96. The fraction of sp³-hybridized carbons (Fsp3) is 0.663. The molecule has 1 saturated heterocycles. The molecule has 11 fully saturated rings. The summed E-state index contributed by atoms with van der Waals surface area (Å²) in [7, 11) is 0. The van der Waals surface area contributed by atoms with Gasteiger partial charge in [0, 0.05) is 52.9 Å². The minimum atomic E-state index is -4.59. The number of benzene rings is 1. The van der Waals surface area contributed by atoms with Gasteiger partial charge < -0.3 is 52.5 Å². The van der Waals surface area contributed by atoms with Crippen LogP contribution in [0.3, 0.4) is 0 Å². The largest absolute Gasteiger partial charge is 0.465 e. The average molecular weight is 1480 g/mol. The number of carbonyl (C=O) groups excluding carboxylic acids is 8. The Labute approximate surface area is 621 Å². The van der Waals surface area contributed by atoms with E-state index in [1.807, 2.05) is 38.1 Å². The van der Waals surface area contributed by atoms with E-state index in [4.69, 9.17) is 33.2 Å². The predicted octanol–water partition coefficient (Wildman–Crippen LogP) is 17.2. The lowest BCUT2D eigenvalue weighted by Gasteiger charge is -2.61. The monoisotopic (exact) mass is 1480 g/mol. The van der Waals surface area contributed by atoms with E-state index in [9.17, 15) is 56.6 Å². The van der Waals surface area contributed by atoms with E-state index in [1.165, 1.54) is 78.1 Å². The van der Waals surface area contributed by atoms with Gasteiger partial charge in [-0.1, -0.05) is 98.9 Å². The summed E-state index contributed by atoms with van der Waals surface area (Å²) in [4.78, 5) is 89.7. The first-order valence-corrected chi connectivity index (χ1v) is 37.4. The molecule has 11 aliphatic rings. The summed E-state index contributed by atoms with van der Waals surface area (Å²) in [6.45, 7) is 49.6. The van der Waals surface area contributed by atoms with Crippen molar-refractivity contribution in [3.63, 3.8) is 0 Å². The quantitative estimate of drug-likeness (QED) is 0.0351. The van der Waals surface area contributed by atoms with Crippen molar-refractivity contribution in [2.24, 2.45) is 47.3 Å². The first-order chi connectivity index (χ1) is 49.0. The van der Waals surface area contributed by atoms with Crippen molar-refractivity contribution in [1.29, 1.82) is 0 Å². The molecule has 588 valence electrons. The molecule has 10 saturated carbocycles. The molecule has 4 atom stereocenters. The second-order valence-electron chi connectivity index (χ2n) is 31.0. The van der Waals surface area contributed by atoms with Gasteiger partial charge in [0.05, 0.1) is 12.2 Å². The zero-order valence-corrected chi connectivity index (χ0v) is 64.9. The van der Waals surface area contributed by atoms with Crippen molar-refractivity contribution in [3.05, 3.63) is 109 Å². The van der Waals surface area contributed by atoms with E-state index in [2.05, 4.69) is 94.9 Å². The molecule has 1 N–H and O–H groups in total. The Morgan fingerprint density at radius 2 is 1.05 bits per heavy atom. The molecular formula is C83H121F3O19. The highest BCUT2D eigenvalue weighted by Crippen LogP contribution is 2.62. The van der Waals surface area contributed by atoms with Crippen molar-refractivity contribution < 1.29 is 104 Å². The van der Waals surface area contributed by atoms with E-state index in [0.29, 0.717) is 83.9 Å². The van der Waals surface area contributed by atoms with Gasteiger partial charge in [-0.15, -0.1) is 0 Å². The van der Waals surface area contributed by atoms with Gasteiger partial charge in [-0.3, -0.25) is 4.79 Å². The van der Waals surface area contributed by atoms with Crippen molar-refractivity contribution >= 4 is 53.8 Å². The van der Waals surface area contributed by atoms with Crippen LogP contribution in [0.5, 0.6) is 5.75 Å². The molecule has 1 heterocycles. The maximum Gasteiger partial charge on any atom is 0.399 e. The number of carbonyl (C=O) groups is 8. The molecule has 1 aliphatic heterocycles. The molecule has 1 aromatic carbocycles. The Bertz CT molecular complexity index is 3170. The van der Waals surface area contributed by atoms with Gasteiger partial charge in [0.2, 0.25) is 6.10 Å². The van der Waals surface area contributed by atoms with Crippen LogP contribution in [-0.4, -0.2) is 126 Å². The van der Waals surface area contributed by atoms with Crippen LogP contribution in [0.1, 0.15) is 237 Å². The highest BCUT2D eigenvalue weighted by Gasteiger charge is 2.62. The number of esters is 8. The molecule has 19 nitrogen and oxygen atoms in total. The van der Waals surface area contributed by atoms with Gasteiger partial charge in [-0.05, 0) is 242 Å². The number of hydrogen-bond acceptors (Lipinski definition) is 19. The summed E-state index contributed by atoms with van der Waals surface area (Å²) in [5.74, 6) is 1.64. The maximum absolute atomic E-state index is 12.1. The third kappa shape index (κ3) is 27.8. The van der Waals surface area contributed by atoms with E-state index >= 15 is 0 Å². The molecule has 0 radical (unpaired) electrons. The van der Waals surface area contributed by atoms with Crippen LogP contribution in [0, 0.1) is 47.3 Å². The lowest BCUT2D eigenvalue weighted by Crippen LogP contribution is -2.62. The zero-order chi connectivity index (χ0) is 79.0. The number of ether oxygens (including phenoxy) is 10. The first-order valence-electron chi connectivity index (χ1n) is 37.4. The van der Waals surface area contributed by atoms with Gasteiger partial charge in [-0.25, -0.2) is 33.6 Å². The topological polar surface area (TPSA) is 249 Å². The Kier molecular flexibility index (Phi) is 34.8. The highest BCUT2D eigenvalue weighted by atomic mass is 19.4. The second kappa shape index (κ2) is 40.6. The normalized spacial score (nSPS) is 26.3. The second-order valence-corrected chi connectivity index (χ2v) is 31.0. The minimum absolute atomic E-state index is 0.154. The minimum Gasteiger partial charge on any atom is -0.465 e. The van der Waals surface area contributed by atoms with Gasteiger partial charge in [0.25, 0.3) is 0 Å². The van der Waals surface area contributed by atoms with Gasteiger partial charge >= 0.3 is 53.9 Å². The molecule has 0 aromatic heterocycles. The smallest absolute Gasteiger partial charge is 0.399 e. The summed E-state index contributed by atoms with van der Waals surface area (Å²) in [5, 5.41) is 10.5. The molecule has 12 rings (SSSR count). The Morgan fingerprint density at radius 1 is 0.590 bits per heavy atom. The number of cyclic esters (lactones) is 1. The molecule has 0 spiro atoms. The Morgan fingerprint density at radius 3 is 1.47 bits per heavy atom. The van der Waals surface area contributed by atoms with Crippen molar-refractivity contribution in [1.82, 2.24) is 0 Å². The number of aliphatic hydroxyl groups is 1. The van der Waals surface area contributed by atoms with Crippen molar-refractivity contribution in [2.75, 3.05) is 26.4 Å². The van der Waals surface area contributed by atoms with Crippen LogP contribution in [0.15, 0.2) is 104 Å². The predicted molar refractivity (Wildman–Crippen MR) is 394 cm³/mol. The fourth-order valence-electron chi connectivity index (χ4n) is 16.4. The van der Waals surface area contributed by atoms with Crippen LogP contribution in [0.2, 0.25) is 0 Å². The number of halogens is 3. The van der Waals surface area contributed by atoms with E-state index in [1.54, 1.807) is 33.8 Å². The summed E-state index contributed by atoms with van der Waals surface area (Å²) in [6.07, 6.45) is 16.7. The lowest BCUT2D eigenvalue weighted by atomic mass is 9.47. The Balaban J connectivity index is 0.000000261. The van der Waals surface area contributed by atoms with Crippen LogP contribution in [0.25, 0.3) is 6.08 Å². The molecular weight excluding hydrogens is 1360 g/mol. The Hall–Kier alpha value is -7.33. The molecule has 22 heteroatoms. The van der Waals surface area contributed by atoms with Gasteiger partial charge in [0.15, 0.2) is 6.29 Å². The number of hydrogen-bond donors (Lipinski definition) is 1. The van der Waals surface area contributed by atoms with Crippen molar-refractivity contribution in [2.45, 2.75) is 278 Å². The van der Waals surface area contributed by atoms with Crippen molar-refractivity contribution in [3.8, 4) is 5.75 Å². The van der Waals surface area contributed by atoms with Gasteiger partial charge in [0.1, 0.15) is 47.8 Å². The molecule has 0 amide bonds. The molecule has 1 aromatic rings. The summed E-state index contributed by atoms with van der Waals surface area (Å²) in [6, 6.07) is 7.74. The van der Waals surface area contributed by atoms with E-state index < -0.39 is 60.4 Å². The third-order valence-electron chi connectivity index (χ3n) is 21.1. The third-order valence-corrected chi connectivity index (χ3v) is 21.1. The number of alkyl halides is 3. The summed E-state index contributed by atoms with van der Waals surface area (Å²) < 4.78 is 86.6. The molecule has 10 aliphatic carbocycles. The summed E-state index contributed by atoms with van der Waals surface area (Å²) >= 11 is 0.